The third kappa shape index (κ3) is 4.87. The molecule has 0 spiro atoms. The van der Waals surface area contributed by atoms with Gasteiger partial charge in [0.05, 0.1) is 28.4 Å². The van der Waals surface area contributed by atoms with Crippen molar-refractivity contribution in [3.05, 3.63) is 33.9 Å². The highest BCUT2D eigenvalue weighted by molar-refractivity contribution is 8.14. The van der Waals surface area contributed by atoms with E-state index in [0.29, 0.717) is 12.1 Å². The van der Waals surface area contributed by atoms with Crippen LogP contribution >= 0.6 is 11.8 Å². The van der Waals surface area contributed by atoms with Crippen molar-refractivity contribution in [1.82, 2.24) is 4.90 Å². The van der Waals surface area contributed by atoms with Gasteiger partial charge in [-0.05, 0) is 59.1 Å². The van der Waals surface area contributed by atoms with Crippen molar-refractivity contribution >= 4 is 28.3 Å². The fourth-order valence-electron chi connectivity index (χ4n) is 4.14. The molecule has 1 aromatic carbocycles. The number of amidine groups is 1. The third-order valence-electron chi connectivity index (χ3n) is 5.37. The molecular weight excluding hydrogens is 374 g/mol. The Bertz CT molecular complexity index is 754. The van der Waals surface area contributed by atoms with Crippen LogP contribution in [0.3, 0.4) is 0 Å². The molecule has 0 unspecified atom stereocenters. The second-order valence-electron chi connectivity index (χ2n) is 8.78. The summed E-state index contributed by atoms with van der Waals surface area (Å²) in [7, 11) is 0. The molecule has 2 aliphatic rings. The number of ether oxygens (including phenoxy) is 1. The van der Waals surface area contributed by atoms with E-state index < -0.39 is 0 Å². The first-order valence-corrected chi connectivity index (χ1v) is 11.1. The third-order valence-corrected chi connectivity index (χ3v) is 6.44. The zero-order valence-electron chi connectivity index (χ0n) is 17.5. The maximum absolute atomic E-state index is 11.0. The molecule has 28 heavy (non-hydrogen) atoms. The molecule has 2 atom stereocenters. The molecule has 7 heteroatoms. The van der Waals surface area contributed by atoms with Crippen molar-refractivity contribution in [3.8, 4) is 0 Å². The van der Waals surface area contributed by atoms with Gasteiger partial charge < -0.3 is 9.64 Å². The largest absolute Gasteiger partial charge is 0.371 e. The summed E-state index contributed by atoms with van der Waals surface area (Å²) >= 11 is 1.78. The summed E-state index contributed by atoms with van der Waals surface area (Å²) < 4.78 is 6.29. The monoisotopic (exact) mass is 405 g/mol. The van der Waals surface area contributed by atoms with Crippen LogP contribution in [0.1, 0.15) is 58.9 Å². The van der Waals surface area contributed by atoms with E-state index in [0.717, 1.165) is 22.2 Å². The number of nitrogens with zero attached hydrogens (tertiary/aromatic N) is 3. The summed E-state index contributed by atoms with van der Waals surface area (Å²) in [6, 6.07) is 5.69. The highest BCUT2D eigenvalue weighted by Crippen LogP contribution is 2.38. The Labute approximate surface area is 171 Å². The molecule has 154 valence electrons. The van der Waals surface area contributed by atoms with Gasteiger partial charge in [0.25, 0.3) is 5.69 Å². The van der Waals surface area contributed by atoms with E-state index >= 15 is 0 Å². The number of nitro groups is 1. The zero-order chi connectivity index (χ0) is 20.5. The maximum Gasteiger partial charge on any atom is 0.269 e. The Morgan fingerprint density at radius 2 is 2.00 bits per heavy atom. The smallest absolute Gasteiger partial charge is 0.269 e. The van der Waals surface area contributed by atoms with Crippen molar-refractivity contribution in [2.75, 3.05) is 5.75 Å². The lowest BCUT2D eigenvalue weighted by Crippen LogP contribution is -2.48. The second-order valence-corrected chi connectivity index (χ2v) is 9.77. The number of nitro benzene ring substituents is 1. The summed E-state index contributed by atoms with van der Waals surface area (Å²) in [4.78, 5) is 18.1. The van der Waals surface area contributed by atoms with Crippen LogP contribution in [-0.2, 0) is 4.74 Å². The fraction of sp³-hybridized carbons (Fsp3) is 0.667. The van der Waals surface area contributed by atoms with Gasteiger partial charge in [-0.3, -0.25) is 10.1 Å². The Balaban J connectivity index is 1.89. The van der Waals surface area contributed by atoms with Crippen LogP contribution in [0, 0.1) is 17.0 Å². The van der Waals surface area contributed by atoms with Crippen molar-refractivity contribution in [3.63, 3.8) is 0 Å². The molecule has 1 aromatic rings. The zero-order valence-corrected chi connectivity index (χ0v) is 18.3. The minimum Gasteiger partial charge on any atom is -0.371 e. The number of hydrogen-bond donors (Lipinski definition) is 0. The molecule has 0 amide bonds. The Morgan fingerprint density at radius 3 is 2.57 bits per heavy atom. The van der Waals surface area contributed by atoms with Gasteiger partial charge in [-0.25, -0.2) is 4.99 Å². The van der Waals surface area contributed by atoms with E-state index in [1.54, 1.807) is 23.9 Å². The first-order valence-electron chi connectivity index (χ1n) is 10.1. The molecule has 1 saturated carbocycles. The SMILES string of the molecule is Cc1cc([N+](=O)[O-])ccc1N=C1SC[C@H]([C@H](C)OC(C)(C)C)N1C1CCCC1. The summed E-state index contributed by atoms with van der Waals surface area (Å²) in [5, 5.41) is 12.0. The number of aliphatic imine (C=N–C) groups is 1. The van der Waals surface area contributed by atoms with Crippen molar-refractivity contribution in [2.45, 2.75) is 84.1 Å². The molecule has 1 saturated heterocycles. The average molecular weight is 406 g/mol. The van der Waals surface area contributed by atoms with Crippen LogP contribution in [0.25, 0.3) is 0 Å². The number of hydrogen-bond acceptors (Lipinski definition) is 5. The van der Waals surface area contributed by atoms with Crippen LogP contribution < -0.4 is 0 Å². The van der Waals surface area contributed by atoms with E-state index in [9.17, 15) is 10.1 Å². The minimum absolute atomic E-state index is 0.109. The van der Waals surface area contributed by atoms with Gasteiger partial charge in [-0.2, -0.15) is 0 Å². The molecule has 0 aromatic heterocycles. The standard InChI is InChI=1S/C21H31N3O3S/c1-14-12-17(24(25)26)10-11-18(14)22-20-23(16-8-6-7-9-16)19(13-28-20)15(2)27-21(3,4)5/h10-12,15-16,19H,6-9,13H2,1-5H3/t15-,19+/m0/s1. The van der Waals surface area contributed by atoms with E-state index in [2.05, 4.69) is 32.6 Å². The Hall–Kier alpha value is -1.60. The normalized spacial score (nSPS) is 23.5. The summed E-state index contributed by atoms with van der Waals surface area (Å²) in [6.07, 6.45) is 5.02. The molecule has 3 rings (SSSR count). The number of benzene rings is 1. The number of rotatable bonds is 5. The molecule has 0 bridgehead atoms. The highest BCUT2D eigenvalue weighted by atomic mass is 32.2. The predicted molar refractivity (Wildman–Crippen MR) is 116 cm³/mol. The summed E-state index contributed by atoms with van der Waals surface area (Å²) in [5.74, 6) is 0.957. The van der Waals surface area contributed by atoms with Gasteiger partial charge in [-0.1, -0.05) is 24.6 Å². The van der Waals surface area contributed by atoms with Gasteiger partial charge in [0, 0.05) is 23.9 Å². The highest BCUT2D eigenvalue weighted by Gasteiger charge is 2.40. The number of non-ortho nitro benzene ring substituents is 1. The molecule has 2 fully saturated rings. The van der Waals surface area contributed by atoms with Gasteiger partial charge in [0.15, 0.2) is 5.17 Å². The van der Waals surface area contributed by atoms with E-state index in [1.807, 2.05) is 6.92 Å². The quantitative estimate of drug-likeness (QED) is 0.481. The fourth-order valence-corrected chi connectivity index (χ4v) is 5.48. The Kier molecular flexibility index (Phi) is 6.34. The molecule has 0 radical (unpaired) electrons. The van der Waals surface area contributed by atoms with Gasteiger partial charge in [-0.15, -0.1) is 0 Å². The van der Waals surface area contributed by atoms with Crippen LogP contribution in [-0.4, -0.2) is 44.5 Å². The van der Waals surface area contributed by atoms with Crippen molar-refractivity contribution in [2.24, 2.45) is 4.99 Å². The maximum atomic E-state index is 11.0. The topological polar surface area (TPSA) is 68.0 Å². The molecular formula is C21H31N3O3S. The van der Waals surface area contributed by atoms with Gasteiger partial charge >= 0.3 is 0 Å². The van der Waals surface area contributed by atoms with Crippen LogP contribution in [0.4, 0.5) is 11.4 Å². The van der Waals surface area contributed by atoms with Crippen LogP contribution in [0.15, 0.2) is 23.2 Å². The number of aryl methyl sites for hydroxylation is 1. The first kappa shape index (κ1) is 21.1. The van der Waals surface area contributed by atoms with Gasteiger partial charge in [0.2, 0.25) is 0 Å². The minimum atomic E-state index is -0.360. The Morgan fingerprint density at radius 1 is 1.32 bits per heavy atom. The summed E-state index contributed by atoms with van der Waals surface area (Å²) in [6.45, 7) is 10.3. The van der Waals surface area contributed by atoms with Crippen molar-refractivity contribution in [1.29, 1.82) is 0 Å². The second kappa shape index (κ2) is 8.41. The van der Waals surface area contributed by atoms with E-state index in [-0.39, 0.29) is 22.3 Å². The lowest BCUT2D eigenvalue weighted by atomic mass is 10.1. The van der Waals surface area contributed by atoms with Crippen LogP contribution in [0.5, 0.6) is 0 Å². The first-order chi connectivity index (χ1) is 13.2. The molecule has 1 heterocycles. The lowest BCUT2D eigenvalue weighted by molar-refractivity contribution is -0.384. The average Bonchev–Trinajstić information content (AvgIpc) is 3.24. The predicted octanol–water partition coefficient (Wildman–Crippen LogP) is 5.45. The van der Waals surface area contributed by atoms with E-state index in [1.165, 1.54) is 31.7 Å². The van der Waals surface area contributed by atoms with Crippen LogP contribution in [0.2, 0.25) is 0 Å². The lowest BCUT2D eigenvalue weighted by Gasteiger charge is -2.37. The molecule has 1 aliphatic carbocycles. The molecule has 0 N–H and O–H groups in total. The molecule has 1 aliphatic heterocycles. The number of thioether (sulfide) groups is 1. The van der Waals surface area contributed by atoms with Crippen molar-refractivity contribution < 1.29 is 9.66 Å². The van der Waals surface area contributed by atoms with Gasteiger partial charge in [0.1, 0.15) is 0 Å². The molecule has 6 nitrogen and oxygen atoms in total. The summed E-state index contributed by atoms with van der Waals surface area (Å²) in [5.41, 5.74) is 1.57. The van der Waals surface area contributed by atoms with E-state index in [4.69, 9.17) is 9.73 Å².